The van der Waals surface area contributed by atoms with Gasteiger partial charge in [-0.1, -0.05) is 17.4 Å². The molecule has 0 atom stereocenters. The second-order valence-electron chi connectivity index (χ2n) is 8.10. The average Bonchev–Trinajstić information content (AvgIpc) is 3.28. The molecule has 0 radical (unpaired) electrons. The maximum Gasteiger partial charge on any atom is 0.225 e. The van der Waals surface area contributed by atoms with E-state index in [0.717, 1.165) is 79.0 Å². The van der Waals surface area contributed by atoms with Crippen molar-refractivity contribution in [1.29, 1.82) is 0 Å². The predicted molar refractivity (Wildman–Crippen MR) is 124 cm³/mol. The fourth-order valence-electron chi connectivity index (χ4n) is 4.46. The van der Waals surface area contributed by atoms with E-state index in [9.17, 15) is 4.79 Å². The van der Waals surface area contributed by atoms with Crippen LogP contribution in [0.1, 0.15) is 12.8 Å². The molecule has 3 aromatic rings. The Balaban J connectivity index is 1.15. The number of carbonyl (C=O) groups excluding carboxylic acids is 1. The molecule has 1 amide bonds. The summed E-state index contributed by atoms with van der Waals surface area (Å²) in [5, 5.41) is 1.02. The molecule has 0 spiro atoms. The lowest BCUT2D eigenvalue weighted by Crippen LogP contribution is -2.51. The van der Waals surface area contributed by atoms with Gasteiger partial charge in [-0.15, -0.1) is 0 Å². The van der Waals surface area contributed by atoms with Gasteiger partial charge in [0.15, 0.2) is 5.13 Å². The van der Waals surface area contributed by atoms with Crippen LogP contribution in [-0.2, 0) is 4.79 Å². The van der Waals surface area contributed by atoms with Gasteiger partial charge < -0.3 is 19.4 Å². The highest BCUT2D eigenvalue weighted by Gasteiger charge is 2.31. The zero-order valence-corrected chi connectivity index (χ0v) is 18.6. The molecule has 2 aliphatic rings. The number of piperazine rings is 1. The van der Waals surface area contributed by atoms with Crippen LogP contribution < -0.4 is 14.5 Å². The second kappa shape index (κ2) is 8.70. The first kappa shape index (κ1) is 20.1. The molecule has 0 unspecified atom stereocenters. The molecule has 5 rings (SSSR count). The standard InChI is InChI=1S/C23H27N5O2S/c1-30-19-5-2-4-18(16-19)26-12-14-27(15-13-26)22(29)17-7-10-28(11-8-17)23-25-20-6-3-9-24-21(20)31-23/h2-6,9,16-17H,7-8,10-15H2,1H3. The van der Waals surface area contributed by atoms with Crippen LogP contribution in [0.15, 0.2) is 42.6 Å². The molecule has 0 bridgehead atoms. The number of fused-ring (bicyclic) bond motifs is 1. The molecule has 0 aliphatic carbocycles. The van der Waals surface area contributed by atoms with Crippen molar-refractivity contribution in [1.82, 2.24) is 14.9 Å². The normalized spacial score (nSPS) is 17.9. The minimum absolute atomic E-state index is 0.118. The van der Waals surface area contributed by atoms with Gasteiger partial charge >= 0.3 is 0 Å². The highest BCUT2D eigenvalue weighted by molar-refractivity contribution is 7.21. The van der Waals surface area contributed by atoms with Gasteiger partial charge in [-0.05, 0) is 37.1 Å². The largest absolute Gasteiger partial charge is 0.497 e. The van der Waals surface area contributed by atoms with Crippen molar-refractivity contribution in [3.63, 3.8) is 0 Å². The van der Waals surface area contributed by atoms with Gasteiger partial charge in [0, 0.05) is 63.1 Å². The third kappa shape index (κ3) is 4.17. The number of amides is 1. The van der Waals surface area contributed by atoms with Crippen molar-refractivity contribution < 1.29 is 9.53 Å². The van der Waals surface area contributed by atoms with Crippen molar-refractivity contribution in [3.8, 4) is 5.75 Å². The molecule has 8 heteroatoms. The first-order valence-electron chi connectivity index (χ1n) is 10.9. The molecule has 0 N–H and O–H groups in total. The van der Waals surface area contributed by atoms with Gasteiger partial charge in [0.05, 0.1) is 7.11 Å². The van der Waals surface area contributed by atoms with Gasteiger partial charge in [0.1, 0.15) is 16.1 Å². The highest BCUT2D eigenvalue weighted by Crippen LogP contribution is 2.31. The number of methoxy groups -OCH3 is 1. The molecule has 2 aliphatic heterocycles. The number of aromatic nitrogens is 2. The van der Waals surface area contributed by atoms with Crippen LogP contribution in [0.25, 0.3) is 10.3 Å². The fraction of sp³-hybridized carbons (Fsp3) is 0.435. The number of nitrogens with zero attached hydrogens (tertiary/aromatic N) is 5. The Labute approximate surface area is 186 Å². The number of hydrogen-bond donors (Lipinski definition) is 0. The van der Waals surface area contributed by atoms with Crippen LogP contribution in [0.2, 0.25) is 0 Å². The van der Waals surface area contributed by atoms with Crippen molar-refractivity contribution >= 4 is 38.4 Å². The van der Waals surface area contributed by atoms with Crippen LogP contribution in [0.4, 0.5) is 10.8 Å². The molecule has 31 heavy (non-hydrogen) atoms. The number of thiazole rings is 1. The number of hydrogen-bond acceptors (Lipinski definition) is 7. The van der Waals surface area contributed by atoms with Crippen molar-refractivity contribution in [2.45, 2.75) is 12.8 Å². The van der Waals surface area contributed by atoms with E-state index in [-0.39, 0.29) is 5.92 Å². The Morgan fingerprint density at radius 1 is 1.03 bits per heavy atom. The first-order valence-corrected chi connectivity index (χ1v) is 11.7. The fourth-order valence-corrected chi connectivity index (χ4v) is 5.42. The number of pyridine rings is 1. The third-order valence-electron chi connectivity index (χ3n) is 6.28. The number of benzene rings is 1. The van der Waals surface area contributed by atoms with E-state index < -0.39 is 0 Å². The maximum atomic E-state index is 13.1. The Morgan fingerprint density at radius 2 is 1.84 bits per heavy atom. The molecular weight excluding hydrogens is 410 g/mol. The van der Waals surface area contributed by atoms with Crippen LogP contribution in [0.5, 0.6) is 5.75 Å². The summed E-state index contributed by atoms with van der Waals surface area (Å²) in [7, 11) is 1.69. The van der Waals surface area contributed by atoms with E-state index in [0.29, 0.717) is 5.91 Å². The smallest absolute Gasteiger partial charge is 0.225 e. The zero-order chi connectivity index (χ0) is 21.2. The summed E-state index contributed by atoms with van der Waals surface area (Å²) in [6.45, 7) is 5.02. The summed E-state index contributed by atoms with van der Waals surface area (Å²) in [6.07, 6.45) is 3.58. The molecule has 2 saturated heterocycles. The van der Waals surface area contributed by atoms with Crippen molar-refractivity contribution in [2.24, 2.45) is 5.92 Å². The van der Waals surface area contributed by atoms with E-state index in [1.54, 1.807) is 18.4 Å². The Hall–Kier alpha value is -2.87. The average molecular weight is 438 g/mol. The number of rotatable bonds is 4. The zero-order valence-electron chi connectivity index (χ0n) is 17.7. The summed E-state index contributed by atoms with van der Waals surface area (Å²) in [4.78, 5) is 29.9. The van der Waals surface area contributed by atoms with Gasteiger partial charge in [0.2, 0.25) is 5.91 Å². The maximum absolute atomic E-state index is 13.1. The van der Waals surface area contributed by atoms with Crippen molar-refractivity contribution in [3.05, 3.63) is 42.6 Å². The van der Waals surface area contributed by atoms with E-state index in [4.69, 9.17) is 9.72 Å². The number of ether oxygens (including phenoxy) is 1. The monoisotopic (exact) mass is 437 g/mol. The number of carbonyl (C=O) groups is 1. The first-order chi connectivity index (χ1) is 15.2. The van der Waals surface area contributed by atoms with Gasteiger partial charge in [-0.25, -0.2) is 9.97 Å². The molecule has 2 fully saturated rings. The molecule has 2 aromatic heterocycles. The van der Waals surface area contributed by atoms with E-state index in [1.807, 2.05) is 30.5 Å². The number of piperidine rings is 1. The lowest BCUT2D eigenvalue weighted by Gasteiger charge is -2.39. The van der Waals surface area contributed by atoms with Crippen LogP contribution in [0, 0.1) is 5.92 Å². The van der Waals surface area contributed by atoms with Crippen molar-refractivity contribution in [2.75, 3.05) is 56.2 Å². The molecule has 7 nitrogen and oxygen atoms in total. The SMILES string of the molecule is COc1cccc(N2CCN(C(=O)C3CCN(c4nc5cccnc5s4)CC3)CC2)c1. The van der Waals surface area contributed by atoms with Crippen LogP contribution in [-0.4, -0.2) is 67.2 Å². The lowest BCUT2D eigenvalue weighted by atomic mass is 9.95. The minimum Gasteiger partial charge on any atom is -0.497 e. The third-order valence-corrected chi connectivity index (χ3v) is 7.32. The van der Waals surface area contributed by atoms with Crippen LogP contribution in [0.3, 0.4) is 0 Å². The Morgan fingerprint density at radius 3 is 2.58 bits per heavy atom. The quantitative estimate of drug-likeness (QED) is 0.624. The van der Waals surface area contributed by atoms with Gasteiger partial charge in [0.25, 0.3) is 0 Å². The van der Waals surface area contributed by atoms with Crippen LogP contribution >= 0.6 is 11.3 Å². The highest BCUT2D eigenvalue weighted by atomic mass is 32.1. The summed E-state index contributed by atoms with van der Waals surface area (Å²) >= 11 is 1.64. The van der Waals surface area contributed by atoms with Gasteiger partial charge in [-0.3, -0.25) is 4.79 Å². The lowest BCUT2D eigenvalue weighted by molar-refractivity contribution is -0.136. The number of anilines is 2. The Kier molecular flexibility index (Phi) is 5.63. The minimum atomic E-state index is 0.118. The Bertz CT molecular complexity index is 1020. The summed E-state index contributed by atoms with van der Waals surface area (Å²) in [5.41, 5.74) is 2.11. The summed E-state index contributed by atoms with van der Waals surface area (Å²) in [6, 6.07) is 12.1. The topological polar surface area (TPSA) is 61.8 Å². The van der Waals surface area contributed by atoms with E-state index in [2.05, 4.69) is 31.8 Å². The molecular formula is C23H27N5O2S. The van der Waals surface area contributed by atoms with Gasteiger partial charge in [-0.2, -0.15) is 0 Å². The molecule has 1 aromatic carbocycles. The second-order valence-corrected chi connectivity index (χ2v) is 9.06. The van der Waals surface area contributed by atoms with E-state index >= 15 is 0 Å². The summed E-state index contributed by atoms with van der Waals surface area (Å²) < 4.78 is 5.34. The molecule has 0 saturated carbocycles. The summed E-state index contributed by atoms with van der Waals surface area (Å²) in [5.74, 6) is 1.30. The van der Waals surface area contributed by atoms with E-state index in [1.165, 1.54) is 0 Å². The predicted octanol–water partition coefficient (Wildman–Crippen LogP) is 3.27. The molecule has 162 valence electrons. The molecule has 4 heterocycles.